The number of nitrogens with zero attached hydrogens (tertiary/aromatic N) is 1. The zero-order valence-electron chi connectivity index (χ0n) is 12.9. The summed E-state index contributed by atoms with van der Waals surface area (Å²) in [4.78, 5) is 3.35. The van der Waals surface area contributed by atoms with Crippen LogP contribution in [-0.4, -0.2) is 35.8 Å². The third-order valence-electron chi connectivity index (χ3n) is 1.54. The van der Waals surface area contributed by atoms with Gasteiger partial charge in [-0.2, -0.15) is 13.2 Å². The number of methoxy groups -OCH3 is 1. The van der Waals surface area contributed by atoms with Crippen LogP contribution in [0.2, 0.25) is 39.3 Å². The van der Waals surface area contributed by atoms with Gasteiger partial charge in [-0.3, -0.25) is 0 Å². The summed E-state index contributed by atoms with van der Waals surface area (Å²) in [5, 5.41) is 0. The summed E-state index contributed by atoms with van der Waals surface area (Å²) in [6.07, 6.45) is -3.74. The maximum absolute atomic E-state index is 12.8. The lowest BCUT2D eigenvalue weighted by atomic mass is 10.6. The van der Waals surface area contributed by atoms with Gasteiger partial charge >= 0.3 is 6.18 Å². The highest BCUT2D eigenvalue weighted by Crippen LogP contribution is 2.22. The molecule has 0 atom stereocenters. The molecule has 0 saturated heterocycles. The monoisotopic (exact) mass is 329 g/mol. The fourth-order valence-corrected chi connectivity index (χ4v) is 2.47. The van der Waals surface area contributed by atoms with Gasteiger partial charge in [0.1, 0.15) is 6.20 Å². The Morgan fingerprint density at radius 1 is 0.950 bits per heavy atom. The number of hydrogen-bond acceptors (Lipinski definition) is 4. The normalized spacial score (nSPS) is 15.1. The average Bonchev–Trinajstić information content (AvgIpc) is 2.17. The molecule has 4 nitrogen and oxygen atoms in total. The first-order valence-electron chi connectivity index (χ1n) is 6.02. The molecule has 0 unspecified atom stereocenters. The largest absolute Gasteiger partial charge is 0.528 e. The molecule has 0 amide bonds. The molecule has 118 valence electrons. The van der Waals surface area contributed by atoms with Crippen LogP contribution in [0.5, 0.6) is 0 Å². The van der Waals surface area contributed by atoms with Gasteiger partial charge in [-0.1, -0.05) is 0 Å². The van der Waals surface area contributed by atoms with Gasteiger partial charge < -0.3 is 13.6 Å². The van der Waals surface area contributed by atoms with E-state index in [0.717, 1.165) is 6.20 Å². The van der Waals surface area contributed by atoms with Crippen molar-refractivity contribution in [2.75, 3.05) is 7.11 Å². The minimum absolute atomic E-state index is 0.0508. The van der Waals surface area contributed by atoms with Crippen molar-refractivity contribution in [3.63, 3.8) is 0 Å². The molecule has 0 rings (SSSR count). The fraction of sp³-hybridized carbons (Fsp3) is 0.727. The van der Waals surface area contributed by atoms with Gasteiger partial charge in [0.05, 0.1) is 7.11 Å². The zero-order chi connectivity index (χ0) is 16.2. The molecule has 9 heteroatoms. The molecule has 0 fully saturated rings. The number of hydrogen-bond donors (Lipinski definition) is 0. The standard InChI is InChI=1S/C11H22F3NO3Si2/c1-16-9(17-19(2,3)4)8-15-10(11(12,13)14)18-20(5,6)7/h8H,1-7H3. The molecule has 0 aromatic rings. The van der Waals surface area contributed by atoms with Crippen LogP contribution in [0.4, 0.5) is 13.2 Å². The lowest BCUT2D eigenvalue weighted by molar-refractivity contribution is -0.0715. The van der Waals surface area contributed by atoms with Crippen molar-refractivity contribution in [3.05, 3.63) is 12.1 Å². The van der Waals surface area contributed by atoms with Gasteiger partial charge in [0.25, 0.3) is 11.8 Å². The molecule has 0 spiro atoms. The Kier molecular flexibility index (Phi) is 6.34. The third kappa shape index (κ3) is 9.02. The quantitative estimate of drug-likeness (QED) is 0.330. The maximum Gasteiger partial charge on any atom is 0.467 e. The van der Waals surface area contributed by atoms with Crippen molar-refractivity contribution in [2.45, 2.75) is 45.5 Å². The first-order valence-corrected chi connectivity index (χ1v) is 12.8. The predicted octanol–water partition coefficient (Wildman–Crippen LogP) is 4.10. The van der Waals surface area contributed by atoms with Gasteiger partial charge in [0.15, 0.2) is 0 Å². The summed E-state index contributed by atoms with van der Waals surface area (Å²) in [7, 11) is -3.08. The van der Waals surface area contributed by atoms with E-state index in [-0.39, 0.29) is 5.95 Å². The van der Waals surface area contributed by atoms with E-state index in [4.69, 9.17) is 13.6 Å². The number of rotatable bonds is 5. The highest BCUT2D eigenvalue weighted by molar-refractivity contribution is 6.71. The second kappa shape index (κ2) is 6.66. The van der Waals surface area contributed by atoms with Crippen molar-refractivity contribution in [3.8, 4) is 0 Å². The third-order valence-corrected chi connectivity index (χ3v) is 3.16. The van der Waals surface area contributed by atoms with Gasteiger partial charge in [-0.15, -0.1) is 0 Å². The average molecular weight is 329 g/mol. The molecule has 0 radical (unpaired) electrons. The Bertz CT molecular complexity index is 382. The number of alkyl halides is 3. The second-order valence-electron chi connectivity index (χ2n) is 6.01. The second-order valence-corrected chi connectivity index (χ2v) is 14.9. The Morgan fingerprint density at radius 2 is 1.40 bits per heavy atom. The molecule has 20 heavy (non-hydrogen) atoms. The van der Waals surface area contributed by atoms with Gasteiger partial charge in [0, 0.05) is 0 Å². The summed E-state index contributed by atoms with van der Waals surface area (Å²) < 4.78 is 53.7. The van der Waals surface area contributed by atoms with Crippen LogP contribution in [0, 0.1) is 0 Å². The minimum Gasteiger partial charge on any atom is -0.528 e. The molecule has 0 aromatic heterocycles. The molecule has 0 saturated carbocycles. The van der Waals surface area contributed by atoms with Crippen LogP contribution in [0.3, 0.4) is 0 Å². The molecule has 0 aliphatic heterocycles. The van der Waals surface area contributed by atoms with Crippen LogP contribution in [0.25, 0.3) is 0 Å². The molecular formula is C11H22F3NO3Si2. The van der Waals surface area contributed by atoms with Crippen molar-refractivity contribution in [1.29, 1.82) is 0 Å². The summed E-state index contributed by atoms with van der Waals surface area (Å²) >= 11 is 0. The summed E-state index contributed by atoms with van der Waals surface area (Å²) in [5.41, 5.74) is 0. The van der Waals surface area contributed by atoms with Crippen molar-refractivity contribution >= 4 is 22.5 Å². The predicted molar refractivity (Wildman–Crippen MR) is 77.4 cm³/mol. The van der Waals surface area contributed by atoms with Crippen LogP contribution in [0.1, 0.15) is 0 Å². The topological polar surface area (TPSA) is 40.0 Å². The zero-order valence-corrected chi connectivity index (χ0v) is 14.9. The van der Waals surface area contributed by atoms with E-state index in [9.17, 15) is 13.2 Å². The molecular weight excluding hydrogens is 307 g/mol. The van der Waals surface area contributed by atoms with E-state index in [1.165, 1.54) is 7.11 Å². The molecule has 0 aliphatic carbocycles. The highest BCUT2D eigenvalue weighted by atomic mass is 28.4. The van der Waals surface area contributed by atoms with Gasteiger partial charge in [-0.25, -0.2) is 4.99 Å². The van der Waals surface area contributed by atoms with Crippen LogP contribution in [0.15, 0.2) is 17.1 Å². The summed E-state index contributed by atoms with van der Waals surface area (Å²) in [6.45, 7) is 10.6. The number of halogens is 3. The Labute approximate surface area is 119 Å². The molecule has 0 bridgehead atoms. The van der Waals surface area contributed by atoms with E-state index in [1.807, 2.05) is 19.6 Å². The van der Waals surface area contributed by atoms with E-state index in [1.54, 1.807) is 19.6 Å². The molecule has 0 heterocycles. The number of ether oxygens (including phenoxy) is 1. The Morgan fingerprint density at radius 3 is 1.70 bits per heavy atom. The maximum atomic E-state index is 12.8. The van der Waals surface area contributed by atoms with E-state index >= 15 is 0 Å². The van der Waals surface area contributed by atoms with E-state index in [0.29, 0.717) is 0 Å². The first-order chi connectivity index (χ1) is 8.74. The summed E-state index contributed by atoms with van der Waals surface area (Å²) in [6, 6.07) is 0. The van der Waals surface area contributed by atoms with Crippen LogP contribution < -0.4 is 0 Å². The lowest BCUT2D eigenvalue weighted by Crippen LogP contribution is -2.36. The van der Waals surface area contributed by atoms with Crippen LogP contribution >= 0.6 is 0 Å². The fourth-order valence-electron chi connectivity index (χ4n) is 0.981. The van der Waals surface area contributed by atoms with Crippen molar-refractivity contribution < 1.29 is 26.8 Å². The Hall–Kier alpha value is -0.966. The van der Waals surface area contributed by atoms with Gasteiger partial charge in [-0.05, 0) is 39.3 Å². The van der Waals surface area contributed by atoms with Crippen molar-refractivity contribution in [2.24, 2.45) is 4.99 Å². The molecule has 0 aromatic carbocycles. The van der Waals surface area contributed by atoms with Gasteiger partial charge in [0.2, 0.25) is 16.6 Å². The SMILES string of the molecule is COC(=CN=C(O[Si](C)(C)C)C(F)(F)F)O[Si](C)(C)C. The summed E-state index contributed by atoms with van der Waals surface area (Å²) in [5.74, 6) is -1.32. The lowest BCUT2D eigenvalue weighted by Gasteiger charge is -2.22. The number of aliphatic imine (C=N–C) groups is 1. The minimum atomic E-state index is -4.64. The van der Waals surface area contributed by atoms with Crippen LogP contribution in [-0.2, 0) is 13.6 Å². The molecule has 0 N–H and O–H groups in total. The van der Waals surface area contributed by atoms with Crippen molar-refractivity contribution in [1.82, 2.24) is 0 Å². The Balaban J connectivity index is 5.26. The smallest absolute Gasteiger partial charge is 0.467 e. The van der Waals surface area contributed by atoms with E-state index in [2.05, 4.69) is 4.99 Å². The highest BCUT2D eigenvalue weighted by Gasteiger charge is 2.40. The van der Waals surface area contributed by atoms with E-state index < -0.39 is 28.7 Å². The molecule has 0 aliphatic rings. The first kappa shape index (κ1) is 19.0.